The number of thiophene rings is 1. The van der Waals surface area contributed by atoms with Crippen molar-refractivity contribution >= 4 is 17.0 Å². The highest BCUT2D eigenvalue weighted by Gasteiger charge is 2.17. The van der Waals surface area contributed by atoms with Crippen LogP contribution >= 0.6 is 11.3 Å². The predicted molar refractivity (Wildman–Crippen MR) is 72.9 cm³/mol. The molecular weight excluding hydrogens is 247 g/mol. The molecule has 3 rings (SSSR count). The standard InChI is InChI=1S/C14H15FN2S/c15-12-5-10(6-13(16)7-12)8-17-3-1-14-11(9-17)2-4-18-14/h2,4-7H,1,3,8-9,16H2. The fourth-order valence-corrected chi connectivity index (χ4v) is 3.36. The van der Waals surface area contributed by atoms with Crippen molar-refractivity contribution in [3.8, 4) is 0 Å². The molecule has 2 nitrogen and oxygen atoms in total. The molecule has 1 aliphatic heterocycles. The van der Waals surface area contributed by atoms with Crippen LogP contribution in [0.5, 0.6) is 0 Å². The van der Waals surface area contributed by atoms with E-state index in [2.05, 4.69) is 16.3 Å². The second-order valence-electron chi connectivity index (χ2n) is 4.72. The number of rotatable bonds is 2. The first kappa shape index (κ1) is 11.7. The van der Waals surface area contributed by atoms with Crippen LogP contribution in [0.25, 0.3) is 0 Å². The average Bonchev–Trinajstić information content (AvgIpc) is 2.74. The molecule has 0 spiro atoms. The summed E-state index contributed by atoms with van der Waals surface area (Å²) in [5.74, 6) is -0.252. The van der Waals surface area contributed by atoms with Crippen molar-refractivity contribution in [1.29, 1.82) is 0 Å². The van der Waals surface area contributed by atoms with E-state index < -0.39 is 0 Å². The van der Waals surface area contributed by atoms with Gasteiger partial charge in [0.1, 0.15) is 5.82 Å². The second-order valence-corrected chi connectivity index (χ2v) is 5.72. The highest BCUT2D eigenvalue weighted by atomic mass is 32.1. The Bertz CT molecular complexity index is 544. The van der Waals surface area contributed by atoms with E-state index in [-0.39, 0.29) is 5.82 Å². The van der Waals surface area contributed by atoms with Gasteiger partial charge < -0.3 is 5.73 Å². The molecule has 2 N–H and O–H groups in total. The number of fused-ring (bicyclic) bond motifs is 1. The molecule has 0 amide bonds. The van der Waals surface area contributed by atoms with E-state index >= 15 is 0 Å². The number of nitrogens with zero attached hydrogens (tertiary/aromatic N) is 1. The van der Waals surface area contributed by atoms with Gasteiger partial charge in [0.25, 0.3) is 0 Å². The summed E-state index contributed by atoms with van der Waals surface area (Å²) in [6.45, 7) is 2.75. The normalized spacial score (nSPS) is 15.6. The first-order valence-electron chi connectivity index (χ1n) is 6.03. The number of nitrogens with two attached hydrogens (primary N) is 1. The van der Waals surface area contributed by atoms with Gasteiger partial charge in [-0.2, -0.15) is 0 Å². The van der Waals surface area contributed by atoms with E-state index in [1.54, 1.807) is 6.07 Å². The van der Waals surface area contributed by atoms with Gasteiger partial charge in [0.05, 0.1) is 0 Å². The molecular formula is C14H15FN2S. The summed E-state index contributed by atoms with van der Waals surface area (Å²) in [7, 11) is 0. The molecule has 0 fully saturated rings. The number of hydrogen-bond donors (Lipinski definition) is 1. The highest BCUT2D eigenvalue weighted by molar-refractivity contribution is 7.10. The predicted octanol–water partition coefficient (Wildman–Crippen LogP) is 3.03. The number of halogens is 1. The van der Waals surface area contributed by atoms with Gasteiger partial charge in [0.15, 0.2) is 0 Å². The molecule has 94 valence electrons. The molecule has 0 bridgehead atoms. The Labute approximate surface area is 110 Å². The van der Waals surface area contributed by atoms with Crippen LogP contribution in [-0.2, 0) is 19.5 Å². The smallest absolute Gasteiger partial charge is 0.125 e. The number of anilines is 1. The number of nitrogen functional groups attached to an aromatic ring is 1. The first-order valence-corrected chi connectivity index (χ1v) is 6.91. The van der Waals surface area contributed by atoms with Crippen molar-refractivity contribution < 1.29 is 4.39 Å². The Kier molecular flexibility index (Phi) is 3.06. The lowest BCUT2D eigenvalue weighted by Crippen LogP contribution is -2.29. The molecule has 0 saturated carbocycles. The molecule has 0 saturated heterocycles. The third-order valence-corrected chi connectivity index (χ3v) is 4.30. The van der Waals surface area contributed by atoms with Crippen molar-refractivity contribution in [3.05, 3.63) is 51.5 Å². The van der Waals surface area contributed by atoms with Gasteiger partial charge in [-0.25, -0.2) is 4.39 Å². The lowest BCUT2D eigenvalue weighted by molar-refractivity contribution is 0.247. The molecule has 0 aliphatic carbocycles. The zero-order valence-electron chi connectivity index (χ0n) is 10.0. The molecule has 2 aromatic rings. The maximum absolute atomic E-state index is 13.3. The van der Waals surface area contributed by atoms with Gasteiger partial charge in [-0.15, -0.1) is 11.3 Å². The second kappa shape index (κ2) is 4.71. The third kappa shape index (κ3) is 2.40. The van der Waals surface area contributed by atoms with Crippen molar-refractivity contribution in [1.82, 2.24) is 4.90 Å². The van der Waals surface area contributed by atoms with Crippen molar-refractivity contribution in [2.75, 3.05) is 12.3 Å². The van der Waals surface area contributed by atoms with Crippen LogP contribution in [0.1, 0.15) is 16.0 Å². The van der Waals surface area contributed by atoms with Crippen LogP contribution in [0.4, 0.5) is 10.1 Å². The Balaban J connectivity index is 1.74. The summed E-state index contributed by atoms with van der Waals surface area (Å²) < 4.78 is 13.3. The molecule has 18 heavy (non-hydrogen) atoms. The quantitative estimate of drug-likeness (QED) is 0.843. The molecule has 4 heteroatoms. The molecule has 1 aromatic heterocycles. The van der Waals surface area contributed by atoms with Crippen LogP contribution in [0.15, 0.2) is 29.6 Å². The summed E-state index contributed by atoms with van der Waals surface area (Å²) in [6, 6.07) is 6.97. The van der Waals surface area contributed by atoms with E-state index in [9.17, 15) is 4.39 Å². The van der Waals surface area contributed by atoms with Crippen molar-refractivity contribution in [2.24, 2.45) is 0 Å². The molecule has 1 aromatic carbocycles. The summed E-state index contributed by atoms with van der Waals surface area (Å²) in [5.41, 5.74) is 8.53. The number of hydrogen-bond acceptors (Lipinski definition) is 3. The fraction of sp³-hybridized carbons (Fsp3) is 0.286. The summed E-state index contributed by atoms with van der Waals surface area (Å²) in [4.78, 5) is 3.83. The lowest BCUT2D eigenvalue weighted by Gasteiger charge is -2.26. The minimum atomic E-state index is -0.252. The zero-order valence-corrected chi connectivity index (χ0v) is 10.8. The summed E-state index contributed by atoms with van der Waals surface area (Å²) >= 11 is 1.83. The Hall–Kier alpha value is -1.39. The maximum atomic E-state index is 13.3. The fourth-order valence-electron chi connectivity index (χ4n) is 2.47. The van der Waals surface area contributed by atoms with E-state index in [1.165, 1.54) is 16.5 Å². The minimum absolute atomic E-state index is 0.252. The van der Waals surface area contributed by atoms with Gasteiger partial charge in [0.2, 0.25) is 0 Å². The van der Waals surface area contributed by atoms with Gasteiger partial charge in [-0.1, -0.05) is 0 Å². The van der Waals surface area contributed by atoms with Gasteiger partial charge in [-0.05, 0) is 47.2 Å². The van der Waals surface area contributed by atoms with Gasteiger partial charge in [0, 0.05) is 30.2 Å². The Morgan fingerprint density at radius 3 is 3.06 bits per heavy atom. The Morgan fingerprint density at radius 1 is 1.33 bits per heavy atom. The maximum Gasteiger partial charge on any atom is 0.125 e. The van der Waals surface area contributed by atoms with E-state index in [1.807, 2.05) is 17.4 Å². The first-order chi connectivity index (χ1) is 8.70. The molecule has 2 heterocycles. The SMILES string of the molecule is Nc1cc(F)cc(CN2CCc3sccc3C2)c1. The van der Waals surface area contributed by atoms with Gasteiger partial charge >= 0.3 is 0 Å². The minimum Gasteiger partial charge on any atom is -0.399 e. The third-order valence-electron chi connectivity index (χ3n) is 3.27. The van der Waals surface area contributed by atoms with Crippen LogP contribution in [0.3, 0.4) is 0 Å². The average molecular weight is 262 g/mol. The van der Waals surface area contributed by atoms with Crippen molar-refractivity contribution in [3.63, 3.8) is 0 Å². The monoisotopic (exact) mass is 262 g/mol. The highest BCUT2D eigenvalue weighted by Crippen LogP contribution is 2.25. The number of benzene rings is 1. The van der Waals surface area contributed by atoms with Crippen LogP contribution in [0, 0.1) is 5.82 Å². The molecule has 0 atom stereocenters. The Morgan fingerprint density at radius 2 is 2.22 bits per heavy atom. The topological polar surface area (TPSA) is 29.3 Å². The van der Waals surface area contributed by atoms with Crippen LogP contribution in [0.2, 0.25) is 0 Å². The lowest BCUT2D eigenvalue weighted by atomic mass is 10.1. The van der Waals surface area contributed by atoms with E-state index in [0.29, 0.717) is 5.69 Å². The summed E-state index contributed by atoms with van der Waals surface area (Å²) in [6.07, 6.45) is 1.10. The summed E-state index contributed by atoms with van der Waals surface area (Å²) in [5, 5.41) is 2.15. The largest absolute Gasteiger partial charge is 0.399 e. The zero-order chi connectivity index (χ0) is 12.5. The van der Waals surface area contributed by atoms with E-state index in [0.717, 1.165) is 31.6 Å². The van der Waals surface area contributed by atoms with Crippen LogP contribution in [-0.4, -0.2) is 11.4 Å². The van der Waals surface area contributed by atoms with Crippen molar-refractivity contribution in [2.45, 2.75) is 19.5 Å². The molecule has 0 unspecified atom stereocenters. The molecule has 0 radical (unpaired) electrons. The van der Waals surface area contributed by atoms with E-state index in [4.69, 9.17) is 5.73 Å². The molecule has 1 aliphatic rings. The van der Waals surface area contributed by atoms with Crippen LogP contribution < -0.4 is 5.73 Å². The van der Waals surface area contributed by atoms with Gasteiger partial charge in [-0.3, -0.25) is 4.90 Å².